The third-order valence-corrected chi connectivity index (χ3v) is 7.67. The summed E-state index contributed by atoms with van der Waals surface area (Å²) in [6.45, 7) is 6.46. The molecule has 0 spiro atoms. The van der Waals surface area contributed by atoms with Crippen molar-refractivity contribution < 1.29 is 14.2 Å². The van der Waals surface area contributed by atoms with Gasteiger partial charge < -0.3 is 19.6 Å². The van der Waals surface area contributed by atoms with Crippen molar-refractivity contribution in [1.82, 2.24) is 14.9 Å². The molecule has 5 rings (SSSR count). The van der Waals surface area contributed by atoms with E-state index in [4.69, 9.17) is 21.3 Å². The van der Waals surface area contributed by atoms with Gasteiger partial charge in [0.25, 0.3) is 0 Å². The number of nitrogens with zero attached hydrogens (tertiary/aromatic N) is 4. The van der Waals surface area contributed by atoms with Crippen LogP contribution in [-0.4, -0.2) is 59.8 Å². The second-order valence-electron chi connectivity index (χ2n) is 10.6. The Morgan fingerprint density at radius 2 is 1.87 bits per heavy atom. The van der Waals surface area contributed by atoms with Crippen LogP contribution in [0.5, 0.6) is 11.8 Å². The SMILES string of the molecule is C[C@H]1CC[C@H](C)N(c2nc(OCCCN(C)C)nc3c(F)c(-c4c(O)ccc5ccccc45)c(Cl)cc23)C1. The summed E-state index contributed by atoms with van der Waals surface area (Å²) in [7, 11) is 4.01. The van der Waals surface area contributed by atoms with Gasteiger partial charge in [0.2, 0.25) is 0 Å². The molecular formula is C30H34ClFN4O2. The van der Waals surface area contributed by atoms with Gasteiger partial charge in [0.05, 0.1) is 11.6 Å². The quantitative estimate of drug-likeness (QED) is 0.259. The number of fused-ring (bicyclic) bond motifs is 2. The van der Waals surface area contributed by atoms with Crippen molar-refractivity contribution >= 4 is 39.1 Å². The first-order valence-corrected chi connectivity index (χ1v) is 13.6. The van der Waals surface area contributed by atoms with Crippen molar-refractivity contribution in [3.63, 3.8) is 0 Å². The number of ether oxygens (including phenoxy) is 1. The van der Waals surface area contributed by atoms with E-state index in [9.17, 15) is 5.11 Å². The molecule has 0 bridgehead atoms. The maximum atomic E-state index is 16.6. The first-order chi connectivity index (χ1) is 18.2. The highest BCUT2D eigenvalue weighted by Gasteiger charge is 2.29. The van der Waals surface area contributed by atoms with E-state index >= 15 is 4.39 Å². The predicted octanol–water partition coefficient (Wildman–Crippen LogP) is 6.90. The Bertz CT molecular complexity index is 1480. The molecule has 1 N–H and O–H groups in total. The molecule has 0 saturated carbocycles. The van der Waals surface area contributed by atoms with Gasteiger partial charge in [-0.2, -0.15) is 9.97 Å². The zero-order valence-electron chi connectivity index (χ0n) is 22.3. The number of rotatable bonds is 7. The Hall–Kier alpha value is -3.16. The Morgan fingerprint density at radius 3 is 2.66 bits per heavy atom. The fourth-order valence-electron chi connectivity index (χ4n) is 5.32. The molecule has 0 amide bonds. The molecule has 2 heterocycles. The first kappa shape index (κ1) is 26.4. The van der Waals surface area contributed by atoms with Gasteiger partial charge >= 0.3 is 6.01 Å². The van der Waals surface area contributed by atoms with Crippen LogP contribution in [0.1, 0.15) is 33.1 Å². The number of phenols is 1. The molecule has 1 aliphatic heterocycles. The van der Waals surface area contributed by atoms with Gasteiger partial charge in [-0.1, -0.05) is 48.9 Å². The second-order valence-corrected chi connectivity index (χ2v) is 11.1. The molecule has 0 unspecified atom stereocenters. The molecule has 6 nitrogen and oxygen atoms in total. The molecule has 2 atom stereocenters. The minimum Gasteiger partial charge on any atom is -0.507 e. The van der Waals surface area contributed by atoms with Gasteiger partial charge in [-0.25, -0.2) is 4.39 Å². The Balaban J connectivity index is 1.71. The van der Waals surface area contributed by atoms with E-state index in [0.717, 1.165) is 37.7 Å². The number of benzene rings is 3. The van der Waals surface area contributed by atoms with E-state index in [1.165, 1.54) is 0 Å². The second kappa shape index (κ2) is 10.9. The van der Waals surface area contributed by atoms with Crippen LogP contribution >= 0.6 is 11.6 Å². The van der Waals surface area contributed by atoms with Gasteiger partial charge in [-0.3, -0.25) is 0 Å². The number of aromatic hydroxyl groups is 1. The van der Waals surface area contributed by atoms with Crippen LogP contribution in [0.15, 0.2) is 42.5 Å². The summed E-state index contributed by atoms with van der Waals surface area (Å²) in [4.78, 5) is 13.6. The van der Waals surface area contributed by atoms with E-state index in [1.54, 1.807) is 18.2 Å². The number of phenolic OH excluding ortho intramolecular Hbond substituents is 1. The average Bonchev–Trinajstić information content (AvgIpc) is 2.89. The highest BCUT2D eigenvalue weighted by Crippen LogP contribution is 2.45. The molecular weight excluding hydrogens is 503 g/mol. The molecule has 1 aromatic heterocycles. The lowest BCUT2D eigenvalue weighted by Crippen LogP contribution is -2.41. The predicted molar refractivity (Wildman–Crippen MR) is 153 cm³/mol. The molecule has 1 saturated heterocycles. The Morgan fingerprint density at radius 1 is 1.08 bits per heavy atom. The monoisotopic (exact) mass is 536 g/mol. The van der Waals surface area contributed by atoms with Crippen LogP contribution in [0.3, 0.4) is 0 Å². The zero-order chi connectivity index (χ0) is 27.0. The number of halogens is 2. The number of anilines is 1. The third kappa shape index (κ3) is 5.09. The van der Waals surface area contributed by atoms with Crippen LogP contribution < -0.4 is 9.64 Å². The zero-order valence-corrected chi connectivity index (χ0v) is 23.1. The molecule has 200 valence electrons. The number of hydrogen-bond acceptors (Lipinski definition) is 6. The highest BCUT2D eigenvalue weighted by molar-refractivity contribution is 6.35. The van der Waals surface area contributed by atoms with E-state index in [1.807, 2.05) is 38.4 Å². The summed E-state index contributed by atoms with van der Waals surface area (Å²) >= 11 is 6.80. The Labute approximate surface area is 228 Å². The third-order valence-electron chi connectivity index (χ3n) is 7.37. The van der Waals surface area contributed by atoms with Crippen LogP contribution in [0, 0.1) is 11.7 Å². The summed E-state index contributed by atoms with van der Waals surface area (Å²) in [6, 6.07) is 13.0. The molecule has 3 aromatic carbocycles. The maximum Gasteiger partial charge on any atom is 0.319 e. The standard InChI is InChI=1S/C30H34ClFN4O2/c1-18-10-11-19(2)36(17-18)29-22-16-23(31)26(25-21-9-6-5-8-20(21)12-13-24(25)37)27(32)28(22)33-30(34-29)38-15-7-14-35(3)4/h5-6,8-9,12-13,16,18-19,37H,7,10-11,14-15,17H2,1-4H3/t18-,19-/m0/s1. The van der Waals surface area contributed by atoms with Crippen LogP contribution in [0.4, 0.5) is 10.2 Å². The number of aromatic nitrogens is 2. The van der Waals surface area contributed by atoms with Gasteiger partial charge in [0.15, 0.2) is 5.82 Å². The first-order valence-electron chi connectivity index (χ1n) is 13.2. The molecule has 38 heavy (non-hydrogen) atoms. The molecule has 1 fully saturated rings. The lowest BCUT2D eigenvalue weighted by atomic mass is 9.94. The minimum absolute atomic E-state index is 0.0447. The molecule has 4 aromatic rings. The van der Waals surface area contributed by atoms with Crippen LogP contribution in [0.2, 0.25) is 5.02 Å². The van der Waals surface area contributed by atoms with Crippen molar-refractivity contribution in [3.05, 3.63) is 53.3 Å². The van der Waals surface area contributed by atoms with E-state index in [0.29, 0.717) is 34.7 Å². The molecule has 0 radical (unpaired) electrons. The fraction of sp³-hybridized carbons (Fsp3) is 0.400. The van der Waals surface area contributed by atoms with E-state index in [-0.39, 0.29) is 33.9 Å². The van der Waals surface area contributed by atoms with Crippen molar-refractivity contribution in [3.8, 4) is 22.9 Å². The largest absolute Gasteiger partial charge is 0.507 e. The number of piperidine rings is 1. The lowest BCUT2D eigenvalue weighted by Gasteiger charge is -2.38. The van der Waals surface area contributed by atoms with Crippen molar-refractivity contribution in [1.29, 1.82) is 0 Å². The molecule has 0 aliphatic carbocycles. The summed E-state index contributed by atoms with van der Waals surface area (Å²) in [6.07, 6.45) is 2.94. The fourth-order valence-corrected chi connectivity index (χ4v) is 5.61. The Kier molecular flexibility index (Phi) is 7.59. The molecule has 8 heteroatoms. The topological polar surface area (TPSA) is 61.7 Å². The van der Waals surface area contributed by atoms with Gasteiger partial charge in [0.1, 0.15) is 17.1 Å². The highest BCUT2D eigenvalue weighted by atomic mass is 35.5. The van der Waals surface area contributed by atoms with Crippen LogP contribution in [-0.2, 0) is 0 Å². The van der Waals surface area contributed by atoms with E-state index in [2.05, 4.69) is 28.6 Å². The summed E-state index contributed by atoms with van der Waals surface area (Å²) in [5.41, 5.74) is 0.604. The number of hydrogen-bond donors (Lipinski definition) is 1. The normalized spacial score (nSPS) is 18.0. The van der Waals surface area contributed by atoms with Crippen molar-refractivity contribution in [2.45, 2.75) is 39.2 Å². The van der Waals surface area contributed by atoms with Crippen molar-refractivity contribution in [2.75, 3.05) is 38.7 Å². The van der Waals surface area contributed by atoms with Gasteiger partial charge in [0, 0.05) is 35.6 Å². The van der Waals surface area contributed by atoms with Gasteiger partial charge in [-0.05, 0) is 69.1 Å². The van der Waals surface area contributed by atoms with Crippen molar-refractivity contribution in [2.24, 2.45) is 5.92 Å². The summed E-state index contributed by atoms with van der Waals surface area (Å²) in [5.74, 6) is 0.467. The van der Waals surface area contributed by atoms with E-state index < -0.39 is 5.82 Å². The molecule has 1 aliphatic rings. The van der Waals surface area contributed by atoms with Crippen LogP contribution in [0.25, 0.3) is 32.8 Å². The average molecular weight is 537 g/mol. The lowest BCUT2D eigenvalue weighted by molar-refractivity contribution is 0.264. The summed E-state index contributed by atoms with van der Waals surface area (Å²) < 4.78 is 22.5. The maximum absolute atomic E-state index is 16.6. The summed E-state index contributed by atoms with van der Waals surface area (Å²) in [5, 5.41) is 13.2. The minimum atomic E-state index is -0.598. The smallest absolute Gasteiger partial charge is 0.319 e. The van der Waals surface area contributed by atoms with Gasteiger partial charge in [-0.15, -0.1) is 0 Å².